The molecule has 2 nitrogen and oxygen atoms in total. The minimum absolute atomic E-state index is 0.0760. The second kappa shape index (κ2) is 5.85. The van der Waals surface area contributed by atoms with Crippen LogP contribution in [0.3, 0.4) is 0 Å². The maximum absolute atomic E-state index is 13.8. The first-order valence-corrected chi connectivity index (χ1v) is 7.64. The molecule has 108 valence electrons. The fraction of sp³-hybridized carbons (Fsp3) is 0.188. The third-order valence-corrected chi connectivity index (χ3v) is 4.67. The first kappa shape index (κ1) is 14.1. The van der Waals surface area contributed by atoms with E-state index in [4.69, 9.17) is 0 Å². The van der Waals surface area contributed by atoms with Crippen LogP contribution in [-0.2, 0) is 0 Å². The summed E-state index contributed by atoms with van der Waals surface area (Å²) in [5.41, 5.74) is 0.927. The van der Waals surface area contributed by atoms with Crippen LogP contribution in [0.4, 0.5) is 8.78 Å². The number of carbonyl (C=O) groups excluding carboxylic acids is 1. The smallest absolute Gasteiger partial charge is 0.258 e. The molecule has 0 N–H and O–H groups in total. The second-order valence-corrected chi connectivity index (χ2v) is 5.94. The van der Waals surface area contributed by atoms with Gasteiger partial charge in [0.05, 0.1) is 5.56 Å². The van der Waals surface area contributed by atoms with Gasteiger partial charge in [-0.3, -0.25) is 4.79 Å². The molecule has 1 aliphatic rings. The summed E-state index contributed by atoms with van der Waals surface area (Å²) in [5.74, 6) is -0.374. The van der Waals surface area contributed by atoms with Crippen LogP contribution in [0.1, 0.15) is 21.3 Å². The van der Waals surface area contributed by atoms with Crippen LogP contribution in [0.5, 0.6) is 0 Å². The molecule has 1 fully saturated rings. The Bertz CT molecular complexity index is 660. The predicted molar refractivity (Wildman–Crippen MR) is 79.0 cm³/mol. The minimum atomic E-state index is -0.516. The Morgan fingerprint density at radius 1 is 1.10 bits per heavy atom. The van der Waals surface area contributed by atoms with Gasteiger partial charge in [-0.2, -0.15) is 0 Å². The molecule has 0 saturated carbocycles. The molecule has 2 aromatic rings. The van der Waals surface area contributed by atoms with Crippen LogP contribution in [0.15, 0.2) is 48.5 Å². The van der Waals surface area contributed by atoms with Gasteiger partial charge in [0.2, 0.25) is 0 Å². The van der Waals surface area contributed by atoms with E-state index in [2.05, 4.69) is 0 Å². The molecular weight excluding hydrogens is 292 g/mol. The standard InChI is InChI=1S/C16H13F2NOS/c17-12-7-5-11(6-8-12)16-19(9-10-21-16)15(20)13-3-1-2-4-14(13)18/h1-8,16H,9-10H2/t16-/m0/s1. The monoisotopic (exact) mass is 305 g/mol. The lowest BCUT2D eigenvalue weighted by Gasteiger charge is -2.24. The van der Waals surface area contributed by atoms with Crippen molar-refractivity contribution in [1.82, 2.24) is 4.90 Å². The Morgan fingerprint density at radius 2 is 1.81 bits per heavy atom. The topological polar surface area (TPSA) is 20.3 Å². The fourth-order valence-electron chi connectivity index (χ4n) is 2.37. The molecular formula is C16H13F2NOS. The maximum atomic E-state index is 13.8. The number of benzene rings is 2. The van der Waals surface area contributed by atoms with Crippen LogP contribution in [0.25, 0.3) is 0 Å². The summed E-state index contributed by atoms with van der Waals surface area (Å²) in [6.45, 7) is 0.555. The van der Waals surface area contributed by atoms with Crippen LogP contribution in [0, 0.1) is 11.6 Å². The molecule has 1 aliphatic heterocycles. The predicted octanol–water partition coefficient (Wildman–Crippen LogP) is 3.85. The van der Waals surface area contributed by atoms with E-state index in [0.29, 0.717) is 6.54 Å². The van der Waals surface area contributed by atoms with Crippen LogP contribution >= 0.6 is 11.8 Å². The number of rotatable bonds is 2. The normalized spacial score (nSPS) is 18.0. The average Bonchev–Trinajstić information content (AvgIpc) is 2.97. The Morgan fingerprint density at radius 3 is 2.52 bits per heavy atom. The van der Waals surface area contributed by atoms with Crippen LogP contribution in [0.2, 0.25) is 0 Å². The van der Waals surface area contributed by atoms with Crippen molar-refractivity contribution in [3.8, 4) is 0 Å². The van der Waals surface area contributed by atoms with Crippen molar-refractivity contribution in [3.63, 3.8) is 0 Å². The van der Waals surface area contributed by atoms with Crippen molar-refractivity contribution in [2.24, 2.45) is 0 Å². The Kier molecular flexibility index (Phi) is 3.92. The highest BCUT2D eigenvalue weighted by atomic mass is 32.2. The Hall–Kier alpha value is -1.88. The third-order valence-electron chi connectivity index (χ3n) is 3.41. The molecule has 5 heteroatoms. The molecule has 0 unspecified atom stereocenters. The van der Waals surface area contributed by atoms with Crippen molar-refractivity contribution in [1.29, 1.82) is 0 Å². The molecule has 21 heavy (non-hydrogen) atoms. The summed E-state index contributed by atoms with van der Waals surface area (Å²) < 4.78 is 26.8. The molecule has 0 spiro atoms. The van der Waals surface area contributed by atoms with E-state index in [9.17, 15) is 13.6 Å². The quantitative estimate of drug-likeness (QED) is 0.840. The van der Waals surface area contributed by atoms with Crippen molar-refractivity contribution >= 4 is 17.7 Å². The maximum Gasteiger partial charge on any atom is 0.258 e. The van der Waals surface area contributed by atoms with E-state index in [-0.39, 0.29) is 22.7 Å². The van der Waals surface area contributed by atoms with Crippen LogP contribution < -0.4 is 0 Å². The lowest BCUT2D eigenvalue weighted by atomic mass is 10.1. The number of hydrogen-bond acceptors (Lipinski definition) is 2. The number of hydrogen-bond donors (Lipinski definition) is 0. The number of nitrogens with zero attached hydrogens (tertiary/aromatic N) is 1. The van der Waals surface area contributed by atoms with E-state index in [1.807, 2.05) is 0 Å². The molecule has 2 aromatic carbocycles. The highest BCUT2D eigenvalue weighted by Crippen LogP contribution is 2.38. The van der Waals surface area contributed by atoms with E-state index in [1.165, 1.54) is 24.3 Å². The summed E-state index contributed by atoms with van der Waals surface area (Å²) in [4.78, 5) is 14.2. The van der Waals surface area contributed by atoms with Gasteiger partial charge in [0, 0.05) is 12.3 Å². The average molecular weight is 305 g/mol. The highest BCUT2D eigenvalue weighted by molar-refractivity contribution is 7.99. The molecule has 1 atom stereocenters. The van der Waals surface area contributed by atoms with E-state index in [1.54, 1.807) is 40.9 Å². The summed E-state index contributed by atoms with van der Waals surface area (Å²) in [5, 5.41) is -0.197. The van der Waals surface area contributed by atoms with Gasteiger partial charge in [-0.1, -0.05) is 24.3 Å². The van der Waals surface area contributed by atoms with Gasteiger partial charge in [-0.25, -0.2) is 8.78 Å². The van der Waals surface area contributed by atoms with Gasteiger partial charge < -0.3 is 4.90 Å². The third kappa shape index (κ3) is 2.78. The summed E-state index contributed by atoms with van der Waals surface area (Å²) >= 11 is 1.60. The van der Waals surface area contributed by atoms with Gasteiger partial charge in [0.1, 0.15) is 17.0 Å². The largest absolute Gasteiger partial charge is 0.322 e. The molecule has 1 heterocycles. The highest BCUT2D eigenvalue weighted by Gasteiger charge is 2.32. The zero-order chi connectivity index (χ0) is 14.8. The number of thioether (sulfide) groups is 1. The van der Waals surface area contributed by atoms with Crippen molar-refractivity contribution in [3.05, 3.63) is 71.3 Å². The Labute approximate surface area is 125 Å². The molecule has 1 saturated heterocycles. The molecule has 0 aromatic heterocycles. The zero-order valence-electron chi connectivity index (χ0n) is 11.1. The first-order chi connectivity index (χ1) is 10.2. The van der Waals surface area contributed by atoms with Gasteiger partial charge in [-0.05, 0) is 29.8 Å². The number of halogens is 2. The molecule has 1 amide bonds. The fourth-order valence-corrected chi connectivity index (χ4v) is 3.63. The van der Waals surface area contributed by atoms with Crippen molar-refractivity contribution in [2.75, 3.05) is 12.3 Å². The lowest BCUT2D eigenvalue weighted by Crippen LogP contribution is -2.31. The minimum Gasteiger partial charge on any atom is -0.322 e. The van der Waals surface area contributed by atoms with E-state index < -0.39 is 5.82 Å². The van der Waals surface area contributed by atoms with E-state index >= 15 is 0 Å². The van der Waals surface area contributed by atoms with Gasteiger partial charge in [0.25, 0.3) is 5.91 Å². The molecule has 0 radical (unpaired) electrons. The summed E-state index contributed by atoms with van der Waals surface area (Å²) in [7, 11) is 0. The zero-order valence-corrected chi connectivity index (χ0v) is 11.9. The Balaban J connectivity index is 1.89. The molecule has 0 aliphatic carbocycles. The van der Waals surface area contributed by atoms with Gasteiger partial charge in [0.15, 0.2) is 0 Å². The first-order valence-electron chi connectivity index (χ1n) is 6.59. The molecule has 0 bridgehead atoms. The number of amides is 1. The molecule has 3 rings (SSSR count). The SMILES string of the molecule is O=C(c1ccccc1F)N1CCS[C@H]1c1ccc(F)cc1. The second-order valence-electron chi connectivity index (χ2n) is 4.75. The van der Waals surface area contributed by atoms with Gasteiger partial charge >= 0.3 is 0 Å². The van der Waals surface area contributed by atoms with Crippen LogP contribution in [-0.4, -0.2) is 23.1 Å². The van der Waals surface area contributed by atoms with Crippen molar-refractivity contribution in [2.45, 2.75) is 5.37 Å². The van der Waals surface area contributed by atoms with E-state index in [0.717, 1.165) is 11.3 Å². The summed E-state index contributed by atoms with van der Waals surface area (Å²) in [6.07, 6.45) is 0. The summed E-state index contributed by atoms with van der Waals surface area (Å²) in [6, 6.07) is 12.1. The number of carbonyl (C=O) groups is 1. The van der Waals surface area contributed by atoms with Gasteiger partial charge in [-0.15, -0.1) is 11.8 Å². The van der Waals surface area contributed by atoms with Crippen molar-refractivity contribution < 1.29 is 13.6 Å². The lowest BCUT2D eigenvalue weighted by molar-refractivity contribution is 0.0755.